The average Bonchev–Trinajstić information content (AvgIpc) is 2.38. The Bertz CT molecular complexity index is 481. The van der Waals surface area contributed by atoms with Crippen molar-refractivity contribution in [3.8, 4) is 0 Å². The van der Waals surface area contributed by atoms with Crippen LogP contribution in [0.2, 0.25) is 0 Å². The number of aliphatic imine (C=N–C) groups is 1. The van der Waals surface area contributed by atoms with E-state index in [0.29, 0.717) is 18.4 Å². The topological polar surface area (TPSA) is 59.6 Å². The molecule has 5 heteroatoms. The lowest BCUT2D eigenvalue weighted by Gasteiger charge is -2.27. The monoisotopic (exact) mass is 419 g/mol. The third kappa shape index (κ3) is 6.96. The van der Waals surface area contributed by atoms with Gasteiger partial charge in [0.1, 0.15) is 0 Å². The van der Waals surface area contributed by atoms with Crippen molar-refractivity contribution >= 4 is 35.6 Å². The van der Waals surface area contributed by atoms with Crippen LogP contribution in [0.1, 0.15) is 46.1 Å². The van der Waals surface area contributed by atoms with Crippen LogP contribution >= 0.6 is 24.0 Å². The molecular formula is C17H30IN3O. The zero-order valence-corrected chi connectivity index (χ0v) is 16.8. The van der Waals surface area contributed by atoms with Crippen LogP contribution in [0.15, 0.2) is 29.3 Å². The van der Waals surface area contributed by atoms with Gasteiger partial charge in [-0.1, -0.05) is 46.8 Å². The molecule has 22 heavy (non-hydrogen) atoms. The summed E-state index contributed by atoms with van der Waals surface area (Å²) in [7, 11) is 1.71. The molecule has 4 nitrogen and oxygen atoms in total. The van der Waals surface area contributed by atoms with Crippen LogP contribution in [0.3, 0.4) is 0 Å². The minimum Gasteiger partial charge on any atom is -0.379 e. The predicted molar refractivity (Wildman–Crippen MR) is 106 cm³/mol. The maximum Gasteiger partial charge on any atom is 0.193 e. The molecule has 0 amide bonds. The Morgan fingerprint density at radius 3 is 2.45 bits per heavy atom. The van der Waals surface area contributed by atoms with E-state index >= 15 is 0 Å². The summed E-state index contributed by atoms with van der Waals surface area (Å²) in [5.74, 6) is 0.908. The maximum atomic E-state index is 5.96. The van der Waals surface area contributed by atoms with Gasteiger partial charge in [-0.05, 0) is 29.0 Å². The first kappa shape index (κ1) is 21.2. The molecule has 0 spiro atoms. The molecule has 0 saturated heterocycles. The molecule has 1 aromatic carbocycles. The van der Waals surface area contributed by atoms with Crippen LogP contribution in [0, 0.1) is 5.41 Å². The Kier molecular flexibility index (Phi) is 9.00. The van der Waals surface area contributed by atoms with Gasteiger partial charge in [0, 0.05) is 12.8 Å². The van der Waals surface area contributed by atoms with Crippen LogP contribution in [-0.2, 0) is 4.74 Å². The van der Waals surface area contributed by atoms with Gasteiger partial charge in [-0.2, -0.15) is 0 Å². The number of ether oxygens (including phenoxy) is 1. The van der Waals surface area contributed by atoms with E-state index in [1.54, 1.807) is 7.11 Å². The van der Waals surface area contributed by atoms with Crippen molar-refractivity contribution in [3.63, 3.8) is 0 Å². The first-order valence-electron chi connectivity index (χ1n) is 7.43. The van der Waals surface area contributed by atoms with Gasteiger partial charge < -0.3 is 15.8 Å². The Hall–Kier alpha value is -0.820. The van der Waals surface area contributed by atoms with Crippen LogP contribution in [0.5, 0.6) is 0 Å². The SMILES string of the molecule is COC(CN=C(N)Nc1cccc(C(C)C)c1)C(C)(C)C.I. The van der Waals surface area contributed by atoms with Crippen LogP contribution in [0.4, 0.5) is 5.69 Å². The number of hydrogen-bond acceptors (Lipinski definition) is 2. The minimum absolute atomic E-state index is 0. The van der Waals surface area contributed by atoms with Crippen LogP contribution in [0.25, 0.3) is 0 Å². The van der Waals surface area contributed by atoms with Crippen molar-refractivity contribution in [2.24, 2.45) is 16.1 Å². The van der Waals surface area contributed by atoms with Gasteiger partial charge in [0.25, 0.3) is 0 Å². The number of halogens is 1. The zero-order valence-electron chi connectivity index (χ0n) is 14.5. The van der Waals surface area contributed by atoms with Gasteiger partial charge in [-0.3, -0.25) is 4.99 Å². The van der Waals surface area contributed by atoms with Gasteiger partial charge in [-0.25, -0.2) is 0 Å². The number of methoxy groups -OCH3 is 1. The predicted octanol–water partition coefficient (Wildman–Crippen LogP) is 4.22. The Morgan fingerprint density at radius 1 is 1.32 bits per heavy atom. The summed E-state index contributed by atoms with van der Waals surface area (Å²) in [5.41, 5.74) is 8.24. The summed E-state index contributed by atoms with van der Waals surface area (Å²) in [6, 6.07) is 8.23. The number of nitrogens with one attached hydrogen (secondary N) is 1. The number of anilines is 1. The summed E-state index contributed by atoms with van der Waals surface area (Å²) >= 11 is 0. The lowest BCUT2D eigenvalue weighted by molar-refractivity contribution is 0.0242. The average molecular weight is 419 g/mol. The highest BCUT2D eigenvalue weighted by atomic mass is 127. The van der Waals surface area contributed by atoms with Gasteiger partial charge in [-0.15, -0.1) is 24.0 Å². The molecule has 3 N–H and O–H groups in total. The first-order chi connectivity index (χ1) is 9.74. The summed E-state index contributed by atoms with van der Waals surface area (Å²) < 4.78 is 5.48. The molecular weight excluding hydrogens is 389 g/mol. The number of rotatable bonds is 5. The molecule has 0 aliphatic rings. The summed E-state index contributed by atoms with van der Waals surface area (Å²) in [6.45, 7) is 11.3. The maximum absolute atomic E-state index is 5.96. The van der Waals surface area contributed by atoms with Crippen LogP contribution < -0.4 is 11.1 Å². The zero-order chi connectivity index (χ0) is 16.0. The highest BCUT2D eigenvalue weighted by Gasteiger charge is 2.23. The standard InChI is InChI=1S/C17H29N3O.HI/c1-12(2)13-8-7-9-14(10-13)20-16(18)19-11-15(21-6)17(3,4)5;/h7-10,12,15H,11H2,1-6H3,(H3,18,19,20);1H. The molecule has 0 aliphatic carbocycles. The highest BCUT2D eigenvalue weighted by molar-refractivity contribution is 14.0. The van der Waals surface area contributed by atoms with E-state index in [1.807, 2.05) is 12.1 Å². The van der Waals surface area contributed by atoms with Gasteiger partial charge in [0.15, 0.2) is 5.96 Å². The van der Waals surface area contributed by atoms with Crippen molar-refractivity contribution < 1.29 is 4.74 Å². The fourth-order valence-corrected chi connectivity index (χ4v) is 2.05. The molecule has 126 valence electrons. The highest BCUT2D eigenvalue weighted by Crippen LogP contribution is 2.22. The number of benzene rings is 1. The Labute approximate surface area is 151 Å². The van der Waals surface area contributed by atoms with Gasteiger partial charge in [0.2, 0.25) is 0 Å². The number of guanidine groups is 1. The number of nitrogens with zero attached hydrogens (tertiary/aromatic N) is 1. The smallest absolute Gasteiger partial charge is 0.193 e. The van der Waals surface area contributed by atoms with Crippen molar-refractivity contribution in [2.75, 3.05) is 19.0 Å². The lowest BCUT2D eigenvalue weighted by Crippen LogP contribution is -2.33. The van der Waals surface area contributed by atoms with Crippen molar-refractivity contribution in [2.45, 2.75) is 46.6 Å². The quantitative estimate of drug-likeness (QED) is 0.427. The molecule has 0 aromatic heterocycles. The third-order valence-corrected chi connectivity index (χ3v) is 3.50. The molecule has 0 aliphatic heterocycles. The first-order valence-corrected chi connectivity index (χ1v) is 7.43. The van der Waals surface area contributed by atoms with E-state index in [9.17, 15) is 0 Å². The lowest BCUT2D eigenvalue weighted by atomic mass is 9.89. The molecule has 0 radical (unpaired) electrons. The number of nitrogens with two attached hydrogens (primary N) is 1. The third-order valence-electron chi connectivity index (χ3n) is 3.50. The van der Waals surface area contributed by atoms with Crippen molar-refractivity contribution in [1.82, 2.24) is 0 Å². The second-order valence-electron chi connectivity index (χ2n) is 6.72. The van der Waals surface area contributed by atoms with E-state index in [4.69, 9.17) is 10.5 Å². The van der Waals surface area contributed by atoms with Crippen molar-refractivity contribution in [3.05, 3.63) is 29.8 Å². The minimum atomic E-state index is 0. The molecule has 1 rings (SSSR count). The van der Waals surface area contributed by atoms with Crippen molar-refractivity contribution in [1.29, 1.82) is 0 Å². The van der Waals surface area contributed by atoms with E-state index in [1.165, 1.54) is 5.56 Å². The number of hydrogen-bond donors (Lipinski definition) is 2. The molecule has 0 bridgehead atoms. The molecule has 1 unspecified atom stereocenters. The fraction of sp³-hybridized carbons (Fsp3) is 0.588. The summed E-state index contributed by atoms with van der Waals surface area (Å²) in [5, 5.41) is 3.14. The van der Waals surface area contributed by atoms with Crippen LogP contribution in [-0.4, -0.2) is 25.7 Å². The largest absolute Gasteiger partial charge is 0.379 e. The summed E-state index contributed by atoms with van der Waals surface area (Å²) in [6.07, 6.45) is 0.0415. The van der Waals surface area contributed by atoms with Gasteiger partial charge >= 0.3 is 0 Å². The molecule has 0 heterocycles. The molecule has 1 aromatic rings. The van der Waals surface area contributed by atoms with E-state index in [0.717, 1.165) is 5.69 Å². The van der Waals surface area contributed by atoms with E-state index < -0.39 is 0 Å². The molecule has 0 fully saturated rings. The molecule has 1 atom stereocenters. The Morgan fingerprint density at radius 2 is 1.95 bits per heavy atom. The summed E-state index contributed by atoms with van der Waals surface area (Å²) in [4.78, 5) is 4.39. The molecule has 0 saturated carbocycles. The second-order valence-corrected chi connectivity index (χ2v) is 6.72. The van der Waals surface area contributed by atoms with Gasteiger partial charge in [0.05, 0.1) is 12.6 Å². The normalized spacial score (nSPS) is 13.7. The second kappa shape index (κ2) is 9.35. The Balaban J connectivity index is 0.00000441. The van der Waals surface area contributed by atoms with E-state index in [2.05, 4.69) is 57.1 Å². The van der Waals surface area contributed by atoms with E-state index in [-0.39, 0.29) is 35.5 Å². The fourth-order valence-electron chi connectivity index (χ4n) is 2.05.